The van der Waals surface area contributed by atoms with Gasteiger partial charge in [-0.2, -0.15) is 8.61 Å². The maximum Gasteiger partial charge on any atom is 0.252 e. The van der Waals surface area contributed by atoms with Crippen molar-refractivity contribution in [3.8, 4) is 0 Å². The van der Waals surface area contributed by atoms with E-state index in [0.29, 0.717) is 4.34 Å². The summed E-state index contributed by atoms with van der Waals surface area (Å²) in [5, 5.41) is 0. The van der Waals surface area contributed by atoms with E-state index in [-0.39, 0.29) is 35.3 Å². The van der Waals surface area contributed by atoms with Crippen LogP contribution in [0.1, 0.15) is 5.56 Å². The van der Waals surface area contributed by atoms with E-state index >= 15 is 0 Å². The molecule has 142 valence electrons. The van der Waals surface area contributed by atoms with E-state index in [0.717, 1.165) is 21.4 Å². The third-order valence-electron chi connectivity index (χ3n) is 4.11. The van der Waals surface area contributed by atoms with Gasteiger partial charge in [0.25, 0.3) is 10.0 Å². The first kappa shape index (κ1) is 20.2. The molecule has 1 fully saturated rings. The minimum absolute atomic E-state index is 0.104. The molecule has 1 aromatic heterocycles. The fraction of sp³-hybridized carbons (Fsp3) is 0.333. The van der Waals surface area contributed by atoms with Crippen molar-refractivity contribution in [3.05, 3.63) is 44.7 Å². The third kappa shape index (κ3) is 3.87. The van der Waals surface area contributed by atoms with Crippen LogP contribution in [0.5, 0.6) is 0 Å². The molecule has 0 N–H and O–H groups in total. The molecule has 0 atom stereocenters. The number of nitrogens with zero attached hydrogens (tertiary/aromatic N) is 2. The van der Waals surface area contributed by atoms with Crippen LogP contribution in [-0.4, -0.2) is 51.6 Å². The molecule has 1 aromatic carbocycles. The van der Waals surface area contributed by atoms with E-state index in [4.69, 9.17) is 11.6 Å². The Morgan fingerprint density at radius 2 is 1.54 bits per heavy atom. The van der Waals surface area contributed by atoms with Crippen LogP contribution >= 0.6 is 38.9 Å². The summed E-state index contributed by atoms with van der Waals surface area (Å²) < 4.78 is 54.9. The van der Waals surface area contributed by atoms with Crippen LogP contribution in [0.2, 0.25) is 4.34 Å². The molecule has 0 amide bonds. The Balaban J connectivity index is 1.76. The number of piperazine rings is 1. The van der Waals surface area contributed by atoms with E-state index in [2.05, 4.69) is 15.9 Å². The van der Waals surface area contributed by atoms with Crippen molar-refractivity contribution in [2.24, 2.45) is 0 Å². The highest BCUT2D eigenvalue weighted by Crippen LogP contribution is 2.29. The van der Waals surface area contributed by atoms with Crippen LogP contribution in [0.4, 0.5) is 0 Å². The Morgan fingerprint density at radius 3 is 2.04 bits per heavy atom. The standard InChI is InChI=1S/C15H16BrClN2O4S3/c1-11-10-12(2-3-13(11)16)25(20,21)18-6-8-19(9-7-18)26(22,23)15-5-4-14(17)24-15/h2-5,10H,6-9H2,1H3. The van der Waals surface area contributed by atoms with Gasteiger partial charge in [-0.1, -0.05) is 27.5 Å². The van der Waals surface area contributed by atoms with Gasteiger partial charge in [-0.3, -0.25) is 0 Å². The Kier molecular flexibility index (Phi) is 5.84. The van der Waals surface area contributed by atoms with Crippen molar-refractivity contribution in [3.63, 3.8) is 0 Å². The molecule has 6 nitrogen and oxygen atoms in total. The zero-order valence-electron chi connectivity index (χ0n) is 13.7. The summed E-state index contributed by atoms with van der Waals surface area (Å²) in [5.74, 6) is 0. The van der Waals surface area contributed by atoms with Gasteiger partial charge in [0.05, 0.1) is 9.23 Å². The molecule has 0 aliphatic carbocycles. The second-order valence-corrected chi connectivity index (χ2v) is 12.4. The van der Waals surface area contributed by atoms with Crippen molar-refractivity contribution < 1.29 is 16.8 Å². The van der Waals surface area contributed by atoms with E-state index in [1.165, 1.54) is 20.7 Å². The van der Waals surface area contributed by atoms with Crippen LogP contribution in [0.3, 0.4) is 0 Å². The van der Waals surface area contributed by atoms with E-state index in [9.17, 15) is 16.8 Å². The Morgan fingerprint density at radius 1 is 0.962 bits per heavy atom. The monoisotopic (exact) mass is 498 g/mol. The Labute approximate surface area is 170 Å². The largest absolute Gasteiger partial charge is 0.252 e. The lowest BCUT2D eigenvalue weighted by Gasteiger charge is -2.33. The SMILES string of the molecule is Cc1cc(S(=O)(=O)N2CCN(S(=O)(=O)c3ccc(Cl)s3)CC2)ccc1Br. The first-order valence-corrected chi connectivity index (χ1v) is 12.5. The van der Waals surface area contributed by atoms with E-state index < -0.39 is 20.0 Å². The van der Waals surface area contributed by atoms with Crippen LogP contribution in [-0.2, 0) is 20.0 Å². The summed E-state index contributed by atoms with van der Waals surface area (Å²) in [6, 6.07) is 7.86. The fourth-order valence-electron chi connectivity index (χ4n) is 2.64. The van der Waals surface area contributed by atoms with Gasteiger partial charge in [-0.25, -0.2) is 16.8 Å². The van der Waals surface area contributed by atoms with Crippen molar-refractivity contribution in [1.29, 1.82) is 0 Å². The van der Waals surface area contributed by atoms with Crippen LogP contribution in [0, 0.1) is 6.92 Å². The maximum atomic E-state index is 12.8. The molecule has 1 saturated heterocycles. The minimum atomic E-state index is -3.66. The first-order valence-electron chi connectivity index (χ1n) is 7.64. The van der Waals surface area contributed by atoms with Gasteiger partial charge < -0.3 is 0 Å². The number of halogens is 2. The average molecular weight is 500 g/mol. The molecule has 1 aliphatic rings. The number of hydrogen-bond donors (Lipinski definition) is 0. The smallest absolute Gasteiger partial charge is 0.207 e. The number of hydrogen-bond acceptors (Lipinski definition) is 5. The first-order chi connectivity index (χ1) is 12.1. The van der Waals surface area contributed by atoms with Crippen molar-refractivity contribution >= 4 is 58.9 Å². The second-order valence-electron chi connectivity index (χ2n) is 5.78. The van der Waals surface area contributed by atoms with Gasteiger partial charge in [0.15, 0.2) is 0 Å². The molecule has 0 spiro atoms. The molecule has 0 radical (unpaired) electrons. The normalized spacial score (nSPS) is 17.5. The lowest BCUT2D eigenvalue weighted by Crippen LogP contribution is -2.50. The molecule has 0 unspecified atom stereocenters. The Bertz CT molecular complexity index is 1030. The maximum absolute atomic E-state index is 12.8. The predicted molar refractivity (Wildman–Crippen MR) is 106 cm³/mol. The van der Waals surface area contributed by atoms with Gasteiger partial charge in [-0.15, -0.1) is 11.3 Å². The highest BCUT2D eigenvalue weighted by atomic mass is 79.9. The van der Waals surface area contributed by atoms with Crippen LogP contribution in [0.15, 0.2) is 43.9 Å². The number of sulfonamides is 2. The third-order valence-corrected chi connectivity index (χ3v) is 10.5. The molecule has 2 aromatic rings. The topological polar surface area (TPSA) is 74.8 Å². The minimum Gasteiger partial charge on any atom is -0.207 e. The molecule has 0 bridgehead atoms. The molecular weight excluding hydrogens is 484 g/mol. The van der Waals surface area contributed by atoms with Crippen LogP contribution in [0.25, 0.3) is 0 Å². The zero-order chi connectivity index (χ0) is 19.1. The number of rotatable bonds is 4. The number of thiophene rings is 1. The van der Waals surface area contributed by atoms with Gasteiger partial charge in [0.2, 0.25) is 10.0 Å². The lowest BCUT2D eigenvalue weighted by molar-refractivity contribution is 0.273. The zero-order valence-corrected chi connectivity index (χ0v) is 18.5. The predicted octanol–water partition coefficient (Wildman–Crippen LogP) is 3.17. The van der Waals surface area contributed by atoms with Crippen molar-refractivity contribution in [2.45, 2.75) is 16.0 Å². The molecule has 3 rings (SSSR count). The van der Waals surface area contributed by atoms with Gasteiger partial charge >= 0.3 is 0 Å². The van der Waals surface area contributed by atoms with Crippen molar-refractivity contribution in [2.75, 3.05) is 26.2 Å². The molecule has 2 heterocycles. The fourth-order valence-corrected chi connectivity index (χ4v) is 7.45. The average Bonchev–Trinajstić information content (AvgIpc) is 3.04. The Hall–Kier alpha value is -0.490. The van der Waals surface area contributed by atoms with Gasteiger partial charge in [-0.05, 0) is 42.8 Å². The number of aryl methyl sites for hydroxylation is 1. The van der Waals surface area contributed by atoms with Crippen LogP contribution < -0.4 is 0 Å². The summed E-state index contributed by atoms with van der Waals surface area (Å²) in [7, 11) is -7.31. The number of benzene rings is 1. The molecule has 0 saturated carbocycles. The summed E-state index contributed by atoms with van der Waals surface area (Å²) >= 11 is 10.2. The van der Waals surface area contributed by atoms with E-state index in [1.807, 2.05) is 6.92 Å². The van der Waals surface area contributed by atoms with Gasteiger partial charge in [0.1, 0.15) is 4.21 Å². The van der Waals surface area contributed by atoms with Gasteiger partial charge in [0, 0.05) is 30.7 Å². The second kappa shape index (κ2) is 7.50. The highest BCUT2D eigenvalue weighted by molar-refractivity contribution is 9.10. The molecule has 11 heteroatoms. The summed E-state index contributed by atoms with van der Waals surface area (Å²) in [5.41, 5.74) is 0.821. The molecule has 1 aliphatic heterocycles. The summed E-state index contributed by atoms with van der Waals surface area (Å²) in [4.78, 5) is 0.208. The van der Waals surface area contributed by atoms with Crippen molar-refractivity contribution in [1.82, 2.24) is 8.61 Å². The molecule has 26 heavy (non-hydrogen) atoms. The lowest BCUT2D eigenvalue weighted by atomic mass is 10.2. The van der Waals surface area contributed by atoms with E-state index in [1.54, 1.807) is 18.2 Å². The quantitative estimate of drug-likeness (QED) is 0.648. The highest BCUT2D eigenvalue weighted by Gasteiger charge is 2.34. The molecular formula is C15H16BrClN2O4S3. The summed E-state index contributed by atoms with van der Waals surface area (Å²) in [6.45, 7) is 2.24. The summed E-state index contributed by atoms with van der Waals surface area (Å²) in [6.07, 6.45) is 0.